The number of hydrogen-bond donors (Lipinski definition) is 2. The van der Waals surface area contributed by atoms with Crippen molar-refractivity contribution in [1.82, 2.24) is 4.98 Å². The Morgan fingerprint density at radius 3 is 2.48 bits per heavy atom. The van der Waals surface area contributed by atoms with Crippen LogP contribution >= 0.6 is 15.9 Å². The van der Waals surface area contributed by atoms with Gasteiger partial charge in [0.05, 0.1) is 0 Å². The first-order valence-corrected chi connectivity index (χ1v) is 6.90. The maximum atomic E-state index is 13.7. The molecule has 6 heteroatoms. The van der Waals surface area contributed by atoms with Crippen LogP contribution in [0.3, 0.4) is 0 Å². The fraction of sp³-hybridized carbons (Fsp3) is 0. The second-order valence-electron chi connectivity index (χ2n) is 4.47. The van der Waals surface area contributed by atoms with Crippen molar-refractivity contribution in [1.29, 1.82) is 0 Å². The number of halogens is 3. The van der Waals surface area contributed by atoms with Crippen LogP contribution in [0.1, 0.15) is 0 Å². The minimum absolute atomic E-state index is 0.240. The first kappa shape index (κ1) is 13.8. The van der Waals surface area contributed by atoms with Crippen LogP contribution in [0.5, 0.6) is 0 Å². The van der Waals surface area contributed by atoms with Gasteiger partial charge in [0, 0.05) is 27.1 Å². The molecule has 3 nitrogen and oxygen atoms in total. The van der Waals surface area contributed by atoms with Crippen molar-refractivity contribution in [2.75, 3.05) is 11.1 Å². The summed E-state index contributed by atoms with van der Waals surface area (Å²) in [5.41, 5.74) is 6.26. The molecule has 0 atom stereocenters. The zero-order valence-electron chi connectivity index (χ0n) is 10.7. The summed E-state index contributed by atoms with van der Waals surface area (Å²) in [4.78, 5) is 4.15. The topological polar surface area (TPSA) is 50.9 Å². The molecule has 106 valence electrons. The third-order valence-corrected chi connectivity index (χ3v) is 3.54. The normalized spacial score (nSPS) is 10.8. The molecule has 1 aromatic heterocycles. The Labute approximate surface area is 127 Å². The summed E-state index contributed by atoms with van der Waals surface area (Å²) in [6.07, 6.45) is 1.54. The van der Waals surface area contributed by atoms with E-state index < -0.39 is 11.6 Å². The summed E-state index contributed by atoms with van der Waals surface area (Å²) in [6.45, 7) is 0. The number of benzene rings is 2. The quantitative estimate of drug-likeness (QED) is 0.664. The van der Waals surface area contributed by atoms with Crippen molar-refractivity contribution in [3.63, 3.8) is 0 Å². The number of nitrogen functional groups attached to an aromatic ring is 1. The van der Waals surface area contributed by atoms with Crippen molar-refractivity contribution in [2.24, 2.45) is 0 Å². The number of nitrogens with one attached hydrogen (secondary N) is 1. The standard InChI is InChI=1S/C15H10BrF2N3/c16-8-6-10-9(13(19)7-8)4-5-20-15(10)21-14-11(17)2-1-3-12(14)18/h1-7H,19H2,(H,20,21). The van der Waals surface area contributed by atoms with E-state index in [0.29, 0.717) is 16.9 Å². The highest BCUT2D eigenvalue weighted by Crippen LogP contribution is 2.32. The molecule has 0 amide bonds. The molecule has 0 aliphatic carbocycles. The van der Waals surface area contributed by atoms with E-state index in [9.17, 15) is 8.78 Å². The highest BCUT2D eigenvalue weighted by molar-refractivity contribution is 9.10. The highest BCUT2D eigenvalue weighted by atomic mass is 79.9. The van der Waals surface area contributed by atoms with E-state index in [-0.39, 0.29) is 5.69 Å². The Morgan fingerprint density at radius 2 is 1.76 bits per heavy atom. The molecule has 0 fully saturated rings. The second-order valence-corrected chi connectivity index (χ2v) is 5.39. The molecule has 0 aliphatic rings. The predicted octanol–water partition coefficient (Wildman–Crippen LogP) is 4.60. The van der Waals surface area contributed by atoms with Gasteiger partial charge in [-0.15, -0.1) is 0 Å². The van der Waals surface area contributed by atoms with Gasteiger partial charge < -0.3 is 11.1 Å². The monoisotopic (exact) mass is 349 g/mol. The summed E-state index contributed by atoms with van der Waals surface area (Å²) in [6, 6.07) is 8.97. The van der Waals surface area contributed by atoms with E-state index in [1.807, 2.05) is 0 Å². The molecule has 0 bridgehead atoms. The van der Waals surface area contributed by atoms with Gasteiger partial charge in [-0.25, -0.2) is 13.8 Å². The van der Waals surface area contributed by atoms with Gasteiger partial charge in [-0.3, -0.25) is 0 Å². The van der Waals surface area contributed by atoms with Crippen LogP contribution in [0.4, 0.5) is 26.0 Å². The van der Waals surface area contributed by atoms with Crippen molar-refractivity contribution < 1.29 is 8.78 Å². The van der Waals surface area contributed by atoms with Gasteiger partial charge in [-0.2, -0.15) is 0 Å². The van der Waals surface area contributed by atoms with Gasteiger partial charge >= 0.3 is 0 Å². The van der Waals surface area contributed by atoms with Gasteiger partial charge in [-0.1, -0.05) is 22.0 Å². The average molecular weight is 350 g/mol. The number of hydrogen-bond acceptors (Lipinski definition) is 3. The van der Waals surface area contributed by atoms with Gasteiger partial charge in [0.15, 0.2) is 0 Å². The van der Waals surface area contributed by atoms with E-state index in [1.165, 1.54) is 24.4 Å². The van der Waals surface area contributed by atoms with E-state index >= 15 is 0 Å². The third kappa shape index (κ3) is 2.54. The lowest BCUT2D eigenvalue weighted by atomic mass is 10.1. The summed E-state index contributed by atoms with van der Waals surface area (Å²) in [7, 11) is 0. The van der Waals surface area contributed by atoms with Crippen molar-refractivity contribution in [3.8, 4) is 0 Å². The maximum absolute atomic E-state index is 13.7. The Bertz CT molecular complexity index is 816. The zero-order chi connectivity index (χ0) is 15.0. The largest absolute Gasteiger partial charge is 0.398 e. The van der Waals surface area contributed by atoms with E-state index in [1.54, 1.807) is 18.2 Å². The summed E-state index contributed by atoms with van der Waals surface area (Å²) in [5.74, 6) is -1.03. The highest BCUT2D eigenvalue weighted by Gasteiger charge is 2.12. The molecule has 0 saturated carbocycles. The Kier molecular flexibility index (Phi) is 3.47. The number of para-hydroxylation sites is 1. The zero-order valence-corrected chi connectivity index (χ0v) is 12.3. The van der Waals surface area contributed by atoms with Crippen LogP contribution in [0, 0.1) is 11.6 Å². The number of fused-ring (bicyclic) bond motifs is 1. The van der Waals surface area contributed by atoms with E-state index in [2.05, 4.69) is 26.2 Å². The molecular weight excluding hydrogens is 340 g/mol. The van der Waals surface area contributed by atoms with Crippen LogP contribution in [-0.4, -0.2) is 4.98 Å². The fourth-order valence-electron chi connectivity index (χ4n) is 2.11. The molecule has 0 spiro atoms. The van der Waals surface area contributed by atoms with Crippen LogP contribution in [-0.2, 0) is 0 Å². The molecule has 21 heavy (non-hydrogen) atoms. The Hall–Kier alpha value is -2.21. The summed E-state index contributed by atoms with van der Waals surface area (Å²) in [5, 5.41) is 4.13. The maximum Gasteiger partial charge on any atom is 0.149 e. The molecule has 0 saturated heterocycles. The summed E-state index contributed by atoms with van der Waals surface area (Å²) < 4.78 is 28.2. The minimum atomic E-state index is -0.684. The summed E-state index contributed by atoms with van der Waals surface area (Å²) >= 11 is 3.35. The van der Waals surface area contributed by atoms with Crippen LogP contribution < -0.4 is 11.1 Å². The van der Waals surface area contributed by atoms with Crippen molar-refractivity contribution in [2.45, 2.75) is 0 Å². The predicted molar refractivity (Wildman–Crippen MR) is 83.5 cm³/mol. The number of nitrogens with two attached hydrogens (primary N) is 1. The minimum Gasteiger partial charge on any atom is -0.398 e. The molecule has 2 aromatic carbocycles. The molecule has 3 aromatic rings. The molecule has 0 radical (unpaired) electrons. The van der Waals surface area contributed by atoms with Crippen LogP contribution in [0.25, 0.3) is 10.8 Å². The lowest BCUT2D eigenvalue weighted by Gasteiger charge is -2.11. The van der Waals surface area contributed by atoms with E-state index in [4.69, 9.17) is 5.73 Å². The van der Waals surface area contributed by atoms with Gasteiger partial charge in [-0.05, 0) is 30.3 Å². The van der Waals surface area contributed by atoms with Gasteiger partial charge in [0.2, 0.25) is 0 Å². The third-order valence-electron chi connectivity index (χ3n) is 3.08. The first-order chi connectivity index (χ1) is 10.1. The van der Waals surface area contributed by atoms with Crippen LogP contribution in [0.15, 0.2) is 47.1 Å². The number of aromatic nitrogens is 1. The number of anilines is 3. The van der Waals surface area contributed by atoms with Crippen molar-refractivity contribution in [3.05, 3.63) is 58.7 Å². The molecule has 0 aliphatic heterocycles. The lowest BCUT2D eigenvalue weighted by molar-refractivity contribution is 0.590. The Balaban J connectivity index is 2.17. The fourth-order valence-corrected chi connectivity index (χ4v) is 2.59. The number of rotatable bonds is 2. The smallest absolute Gasteiger partial charge is 0.149 e. The SMILES string of the molecule is Nc1cc(Br)cc2c(Nc3c(F)cccc3F)nccc12. The van der Waals surface area contributed by atoms with E-state index in [0.717, 1.165) is 9.86 Å². The van der Waals surface area contributed by atoms with Crippen molar-refractivity contribution >= 4 is 43.9 Å². The van der Waals surface area contributed by atoms with Crippen LogP contribution in [0.2, 0.25) is 0 Å². The number of pyridine rings is 1. The molecule has 1 heterocycles. The molecule has 3 N–H and O–H groups in total. The molecule has 3 rings (SSSR count). The first-order valence-electron chi connectivity index (χ1n) is 6.11. The number of nitrogens with zero attached hydrogens (tertiary/aromatic N) is 1. The lowest BCUT2D eigenvalue weighted by Crippen LogP contribution is -2.00. The molecular formula is C15H10BrF2N3. The molecule has 0 unspecified atom stereocenters. The Morgan fingerprint density at radius 1 is 1.05 bits per heavy atom. The average Bonchev–Trinajstić information content (AvgIpc) is 2.43. The second kappa shape index (κ2) is 5.29. The van der Waals surface area contributed by atoms with Gasteiger partial charge in [0.25, 0.3) is 0 Å². The van der Waals surface area contributed by atoms with Gasteiger partial charge in [0.1, 0.15) is 23.1 Å².